The van der Waals surface area contributed by atoms with Crippen LogP contribution in [0.3, 0.4) is 0 Å². The lowest BCUT2D eigenvalue weighted by molar-refractivity contribution is -0.120. The number of hydrogen-bond acceptors (Lipinski definition) is 1. The van der Waals surface area contributed by atoms with Gasteiger partial charge in [0, 0.05) is 12.3 Å². The normalized spacial score (nSPS) is 39.7. The molecule has 0 N–H and O–H groups in total. The van der Waals surface area contributed by atoms with Crippen molar-refractivity contribution in [2.24, 2.45) is 29.6 Å². The van der Waals surface area contributed by atoms with Crippen molar-refractivity contribution in [1.29, 1.82) is 0 Å². The molecule has 4 unspecified atom stereocenters. The van der Waals surface area contributed by atoms with Gasteiger partial charge >= 0.3 is 0 Å². The highest BCUT2D eigenvalue weighted by Gasteiger charge is 2.66. The van der Waals surface area contributed by atoms with Crippen LogP contribution < -0.4 is 0 Å². The zero-order chi connectivity index (χ0) is 13.3. The lowest BCUT2D eigenvalue weighted by Crippen LogP contribution is -2.12. The Morgan fingerprint density at radius 2 is 1.80 bits per heavy atom. The van der Waals surface area contributed by atoms with Gasteiger partial charge in [0.15, 0.2) is 0 Å². The smallest absolute Gasteiger partial charge is 0.140 e. The van der Waals surface area contributed by atoms with E-state index in [4.69, 9.17) is 0 Å². The molecule has 0 radical (unpaired) electrons. The molecule has 0 amide bonds. The van der Waals surface area contributed by atoms with Gasteiger partial charge in [0.25, 0.3) is 0 Å². The molecular weight excluding hydrogens is 244 g/mol. The van der Waals surface area contributed by atoms with Gasteiger partial charge in [0.1, 0.15) is 5.78 Å². The lowest BCUT2D eigenvalue weighted by atomic mass is 9.95. The van der Waals surface area contributed by atoms with Crippen LogP contribution in [0.15, 0.2) is 18.2 Å². The second-order valence-corrected chi connectivity index (χ2v) is 7.61. The molecule has 1 nitrogen and oxygen atoms in total. The summed E-state index contributed by atoms with van der Waals surface area (Å²) in [4.78, 5) is 12.6. The first-order valence-corrected chi connectivity index (χ1v) is 8.44. The molecule has 20 heavy (non-hydrogen) atoms. The Kier molecular flexibility index (Phi) is 2.29. The average Bonchev–Trinajstić information content (AvgIpc) is 2.83. The van der Waals surface area contributed by atoms with Gasteiger partial charge in [0.2, 0.25) is 0 Å². The maximum Gasteiger partial charge on any atom is 0.140 e. The molecule has 1 aromatic rings. The quantitative estimate of drug-likeness (QED) is 0.817. The van der Waals surface area contributed by atoms with Crippen LogP contribution in [0.1, 0.15) is 42.4 Å². The number of carbonyl (C=O) groups is 1. The van der Waals surface area contributed by atoms with E-state index in [1.165, 1.54) is 55.2 Å². The average molecular weight is 266 g/mol. The molecule has 0 heterocycles. The summed E-state index contributed by atoms with van der Waals surface area (Å²) in [7, 11) is 0. The summed E-state index contributed by atoms with van der Waals surface area (Å²) in [5.41, 5.74) is 4.29. The number of Topliss-reactive ketones (excluding diaryl/α,β-unsaturated/α-hetero) is 1. The Hall–Kier alpha value is -1.11. The van der Waals surface area contributed by atoms with Crippen LogP contribution in [0.4, 0.5) is 0 Å². The molecule has 4 atom stereocenters. The van der Waals surface area contributed by atoms with Gasteiger partial charge in [-0.15, -0.1) is 0 Å². The largest absolute Gasteiger partial charge is 0.299 e. The molecule has 5 rings (SSSR count). The third-order valence-corrected chi connectivity index (χ3v) is 6.65. The minimum absolute atomic E-state index is 0.453. The Morgan fingerprint density at radius 3 is 2.60 bits per heavy atom. The van der Waals surface area contributed by atoms with Crippen molar-refractivity contribution in [2.75, 3.05) is 0 Å². The van der Waals surface area contributed by atoms with E-state index in [9.17, 15) is 4.79 Å². The molecule has 1 aromatic carbocycles. The van der Waals surface area contributed by atoms with Crippen molar-refractivity contribution >= 4 is 5.78 Å². The zero-order valence-electron chi connectivity index (χ0n) is 12.0. The van der Waals surface area contributed by atoms with Crippen LogP contribution in [-0.4, -0.2) is 5.78 Å². The molecular formula is C19H22O. The SMILES string of the molecule is O=C(Cc1ccc2c(c1)CCC2)C1C2C3CCC(C3)C12. The highest BCUT2D eigenvalue weighted by molar-refractivity contribution is 5.87. The van der Waals surface area contributed by atoms with Gasteiger partial charge in [-0.1, -0.05) is 18.2 Å². The molecule has 0 spiro atoms. The molecule has 4 aliphatic rings. The number of aryl methyl sites for hydroxylation is 2. The van der Waals surface area contributed by atoms with Gasteiger partial charge in [-0.3, -0.25) is 4.79 Å². The van der Waals surface area contributed by atoms with E-state index in [1.54, 1.807) is 0 Å². The van der Waals surface area contributed by atoms with Gasteiger partial charge in [-0.2, -0.15) is 0 Å². The maximum absolute atomic E-state index is 12.6. The fourth-order valence-corrected chi connectivity index (χ4v) is 5.81. The zero-order valence-corrected chi connectivity index (χ0v) is 12.0. The molecule has 2 bridgehead atoms. The van der Waals surface area contributed by atoms with Gasteiger partial charge < -0.3 is 0 Å². The van der Waals surface area contributed by atoms with Crippen LogP contribution >= 0.6 is 0 Å². The van der Waals surface area contributed by atoms with E-state index in [0.29, 0.717) is 18.1 Å². The summed E-state index contributed by atoms with van der Waals surface area (Å²) in [5, 5.41) is 0. The number of rotatable bonds is 3. The Labute approximate surface area is 120 Å². The predicted octanol–water partition coefficient (Wildman–Crippen LogP) is 3.58. The molecule has 0 aliphatic heterocycles. The third kappa shape index (κ3) is 1.52. The molecule has 1 heteroatoms. The monoisotopic (exact) mass is 266 g/mol. The first kappa shape index (κ1) is 11.5. The van der Waals surface area contributed by atoms with Crippen molar-refractivity contribution in [3.05, 3.63) is 34.9 Å². The number of carbonyl (C=O) groups excluding carboxylic acids is 1. The standard InChI is InChI=1S/C19H22O/c20-16(19-17-14-6-7-15(10-14)18(17)19)9-11-4-5-12-2-1-3-13(12)8-11/h4-5,8,14-15,17-19H,1-3,6-7,9-10H2. The van der Waals surface area contributed by atoms with Crippen LogP contribution in [0.25, 0.3) is 0 Å². The molecule has 3 fully saturated rings. The summed E-state index contributed by atoms with van der Waals surface area (Å²) >= 11 is 0. The highest BCUT2D eigenvalue weighted by atomic mass is 16.1. The van der Waals surface area contributed by atoms with Crippen molar-refractivity contribution in [1.82, 2.24) is 0 Å². The Bertz CT molecular complexity index is 571. The summed E-state index contributed by atoms with van der Waals surface area (Å²) in [6.07, 6.45) is 8.71. The minimum Gasteiger partial charge on any atom is -0.299 e. The van der Waals surface area contributed by atoms with Crippen molar-refractivity contribution < 1.29 is 4.79 Å². The molecule has 104 valence electrons. The van der Waals surface area contributed by atoms with Crippen LogP contribution in [0.5, 0.6) is 0 Å². The van der Waals surface area contributed by atoms with E-state index >= 15 is 0 Å². The summed E-state index contributed by atoms with van der Waals surface area (Å²) in [6, 6.07) is 6.78. The van der Waals surface area contributed by atoms with Crippen molar-refractivity contribution in [2.45, 2.75) is 44.9 Å². The fourth-order valence-electron chi connectivity index (χ4n) is 5.81. The van der Waals surface area contributed by atoms with E-state index < -0.39 is 0 Å². The van der Waals surface area contributed by atoms with E-state index in [1.807, 2.05) is 0 Å². The van der Waals surface area contributed by atoms with E-state index in [-0.39, 0.29) is 0 Å². The molecule has 4 aliphatic carbocycles. The van der Waals surface area contributed by atoms with Gasteiger partial charge in [0.05, 0.1) is 0 Å². The van der Waals surface area contributed by atoms with Crippen LogP contribution in [-0.2, 0) is 24.1 Å². The highest BCUT2D eigenvalue weighted by Crippen LogP contribution is 2.69. The third-order valence-electron chi connectivity index (χ3n) is 6.65. The van der Waals surface area contributed by atoms with Crippen LogP contribution in [0.2, 0.25) is 0 Å². The Balaban J connectivity index is 1.32. The van der Waals surface area contributed by atoms with Gasteiger partial charge in [-0.25, -0.2) is 0 Å². The number of fused-ring (bicyclic) bond motifs is 6. The molecule has 0 aromatic heterocycles. The number of hydrogen-bond donors (Lipinski definition) is 0. The first-order valence-electron chi connectivity index (χ1n) is 8.44. The second kappa shape index (κ2) is 3.96. The van der Waals surface area contributed by atoms with Crippen molar-refractivity contribution in [3.8, 4) is 0 Å². The molecule has 0 saturated heterocycles. The topological polar surface area (TPSA) is 17.1 Å². The van der Waals surface area contributed by atoms with Gasteiger partial charge in [-0.05, 0) is 78.9 Å². The first-order chi connectivity index (χ1) is 9.81. The minimum atomic E-state index is 0.453. The lowest BCUT2D eigenvalue weighted by Gasteiger charge is -2.09. The second-order valence-electron chi connectivity index (χ2n) is 7.61. The molecule has 3 saturated carbocycles. The fraction of sp³-hybridized carbons (Fsp3) is 0.632. The maximum atomic E-state index is 12.6. The predicted molar refractivity (Wildman–Crippen MR) is 78.5 cm³/mol. The van der Waals surface area contributed by atoms with E-state index in [2.05, 4.69) is 18.2 Å². The summed E-state index contributed by atoms with van der Waals surface area (Å²) in [6.45, 7) is 0. The number of benzene rings is 1. The summed E-state index contributed by atoms with van der Waals surface area (Å²) < 4.78 is 0. The number of ketones is 1. The van der Waals surface area contributed by atoms with E-state index in [0.717, 1.165) is 23.7 Å². The summed E-state index contributed by atoms with van der Waals surface area (Å²) in [5.74, 6) is 4.44. The Morgan fingerprint density at radius 1 is 1.05 bits per heavy atom. The van der Waals surface area contributed by atoms with Crippen molar-refractivity contribution in [3.63, 3.8) is 0 Å². The van der Waals surface area contributed by atoms with Crippen LogP contribution in [0, 0.1) is 29.6 Å².